The summed E-state index contributed by atoms with van der Waals surface area (Å²) in [5, 5.41) is 0.0879. The van der Waals surface area contributed by atoms with Crippen molar-refractivity contribution in [3.8, 4) is 0 Å². The lowest BCUT2D eigenvalue weighted by atomic mass is 10.2. The lowest BCUT2D eigenvalue weighted by Crippen LogP contribution is -2.37. The summed E-state index contributed by atoms with van der Waals surface area (Å²) in [6.45, 7) is 3.50. The quantitative estimate of drug-likeness (QED) is 0.620. The fourth-order valence-corrected chi connectivity index (χ4v) is 3.58. The van der Waals surface area contributed by atoms with Crippen LogP contribution in [-0.2, 0) is 25.4 Å². The van der Waals surface area contributed by atoms with Crippen LogP contribution in [0.15, 0.2) is 39.0 Å². The van der Waals surface area contributed by atoms with Crippen LogP contribution in [0.3, 0.4) is 0 Å². The number of imidazole rings is 1. The van der Waals surface area contributed by atoms with E-state index in [4.69, 9.17) is 0 Å². The van der Waals surface area contributed by atoms with Crippen LogP contribution in [-0.4, -0.2) is 29.7 Å². The molecule has 2 aromatic heterocycles. The molecule has 0 saturated carbocycles. The van der Waals surface area contributed by atoms with Crippen molar-refractivity contribution in [1.82, 2.24) is 18.7 Å². The van der Waals surface area contributed by atoms with E-state index < -0.39 is 11.2 Å². The minimum Gasteiger partial charge on any atom is -0.309 e. The molecule has 0 aliphatic heterocycles. The van der Waals surface area contributed by atoms with Crippen LogP contribution in [0.4, 0.5) is 4.39 Å². The van der Waals surface area contributed by atoms with E-state index in [0.29, 0.717) is 5.16 Å². The molecule has 1 aromatic carbocycles. The lowest BCUT2D eigenvalue weighted by Gasteiger charge is -2.11. The zero-order valence-corrected chi connectivity index (χ0v) is 16.2. The number of fused-ring (bicyclic) bond motifs is 1. The Morgan fingerprint density at radius 2 is 1.81 bits per heavy atom. The third kappa shape index (κ3) is 3.46. The fourth-order valence-electron chi connectivity index (χ4n) is 2.68. The molecule has 0 saturated heterocycles. The van der Waals surface area contributed by atoms with Gasteiger partial charge in [-0.2, -0.15) is 0 Å². The van der Waals surface area contributed by atoms with Gasteiger partial charge in [0.25, 0.3) is 5.56 Å². The van der Waals surface area contributed by atoms with Crippen molar-refractivity contribution >= 4 is 28.7 Å². The Labute approximate surface area is 158 Å². The monoisotopic (exact) mass is 390 g/mol. The van der Waals surface area contributed by atoms with Gasteiger partial charge >= 0.3 is 5.69 Å². The molecule has 0 N–H and O–H groups in total. The molecule has 0 fully saturated rings. The molecule has 7 nitrogen and oxygen atoms in total. The Balaban J connectivity index is 2.26. The topological polar surface area (TPSA) is 78.9 Å². The van der Waals surface area contributed by atoms with Crippen molar-refractivity contribution in [3.63, 3.8) is 0 Å². The second-order valence-corrected chi connectivity index (χ2v) is 7.66. The molecule has 2 heterocycles. The number of carbonyl (C=O) groups is 1. The standard InChI is InChI=1S/C18H19FN4O3S/c1-10(24)11(2)27-17-20-15-14(16(25)22(4)18(26)21(15)3)23(17)9-12-5-7-13(19)8-6-12/h5-8,11H,9H2,1-4H3. The molecular weight excluding hydrogens is 371 g/mol. The van der Waals surface area contributed by atoms with Crippen LogP contribution in [0.5, 0.6) is 0 Å². The fraction of sp³-hybridized carbons (Fsp3) is 0.333. The van der Waals surface area contributed by atoms with E-state index in [9.17, 15) is 18.8 Å². The van der Waals surface area contributed by atoms with Crippen molar-refractivity contribution in [1.29, 1.82) is 0 Å². The Morgan fingerprint density at radius 3 is 2.41 bits per heavy atom. The number of hydrogen-bond donors (Lipinski definition) is 0. The van der Waals surface area contributed by atoms with E-state index >= 15 is 0 Å². The number of halogens is 1. The SMILES string of the molecule is CC(=O)C(C)Sc1nc2c(c(=O)n(C)c(=O)n2C)n1Cc1ccc(F)cc1. The van der Waals surface area contributed by atoms with Crippen LogP contribution in [0.1, 0.15) is 19.4 Å². The highest BCUT2D eigenvalue weighted by atomic mass is 32.2. The number of ketones is 1. The first-order chi connectivity index (χ1) is 12.7. The maximum absolute atomic E-state index is 13.2. The van der Waals surface area contributed by atoms with E-state index in [0.717, 1.165) is 10.1 Å². The van der Waals surface area contributed by atoms with Crippen LogP contribution < -0.4 is 11.2 Å². The maximum atomic E-state index is 13.2. The Hall–Kier alpha value is -2.68. The summed E-state index contributed by atoms with van der Waals surface area (Å²) in [6, 6.07) is 5.92. The summed E-state index contributed by atoms with van der Waals surface area (Å²) < 4.78 is 17.2. The summed E-state index contributed by atoms with van der Waals surface area (Å²) >= 11 is 1.22. The van der Waals surface area contributed by atoms with Crippen molar-refractivity contribution < 1.29 is 9.18 Å². The largest absolute Gasteiger partial charge is 0.332 e. The minimum atomic E-state index is -0.477. The number of aromatic nitrogens is 4. The van der Waals surface area contributed by atoms with Crippen LogP contribution in [0.25, 0.3) is 11.2 Å². The average Bonchev–Trinajstić information content (AvgIpc) is 2.98. The second-order valence-electron chi connectivity index (χ2n) is 6.36. The summed E-state index contributed by atoms with van der Waals surface area (Å²) in [5.74, 6) is -0.380. The van der Waals surface area contributed by atoms with Gasteiger partial charge in [-0.25, -0.2) is 14.2 Å². The highest BCUT2D eigenvalue weighted by Gasteiger charge is 2.22. The highest BCUT2D eigenvalue weighted by molar-refractivity contribution is 8.00. The number of Topliss-reactive ketones (excluding diaryl/α,β-unsaturated/α-hetero) is 1. The first kappa shape index (κ1) is 19.1. The molecule has 3 rings (SSSR count). The van der Waals surface area contributed by atoms with Gasteiger partial charge in [-0.15, -0.1) is 0 Å². The number of benzene rings is 1. The Kier molecular flexibility index (Phi) is 5.05. The molecule has 0 radical (unpaired) electrons. The third-order valence-electron chi connectivity index (χ3n) is 4.42. The molecule has 0 amide bonds. The van der Waals surface area contributed by atoms with E-state index in [-0.39, 0.29) is 34.6 Å². The summed E-state index contributed by atoms with van der Waals surface area (Å²) in [5.41, 5.74) is 0.342. The Morgan fingerprint density at radius 1 is 1.19 bits per heavy atom. The molecule has 142 valence electrons. The Bertz CT molecular complexity index is 1140. The minimum absolute atomic E-state index is 0.0258. The van der Waals surface area contributed by atoms with E-state index in [1.165, 1.54) is 42.4 Å². The molecule has 3 aromatic rings. The van der Waals surface area contributed by atoms with Crippen LogP contribution in [0, 0.1) is 5.82 Å². The van der Waals surface area contributed by atoms with Crippen LogP contribution in [0.2, 0.25) is 0 Å². The predicted octanol–water partition coefficient (Wildman–Crippen LogP) is 1.69. The molecule has 0 aliphatic rings. The maximum Gasteiger partial charge on any atom is 0.332 e. The molecular formula is C18H19FN4O3S. The number of hydrogen-bond acceptors (Lipinski definition) is 5. The van der Waals surface area contributed by atoms with Gasteiger partial charge in [-0.05, 0) is 31.5 Å². The van der Waals surface area contributed by atoms with Gasteiger partial charge in [-0.3, -0.25) is 18.7 Å². The molecule has 1 atom stereocenters. The predicted molar refractivity (Wildman–Crippen MR) is 102 cm³/mol. The number of nitrogens with zero attached hydrogens (tertiary/aromatic N) is 4. The van der Waals surface area contributed by atoms with E-state index in [1.54, 1.807) is 30.7 Å². The van der Waals surface area contributed by atoms with Gasteiger partial charge < -0.3 is 4.57 Å². The van der Waals surface area contributed by atoms with Crippen molar-refractivity contribution in [2.45, 2.75) is 30.8 Å². The number of carbonyl (C=O) groups excluding carboxylic acids is 1. The molecule has 9 heteroatoms. The van der Waals surface area contributed by atoms with E-state index in [1.807, 2.05) is 0 Å². The lowest BCUT2D eigenvalue weighted by molar-refractivity contribution is -0.116. The van der Waals surface area contributed by atoms with Crippen LogP contribution >= 0.6 is 11.8 Å². The van der Waals surface area contributed by atoms with Gasteiger partial charge in [0.05, 0.1) is 11.8 Å². The molecule has 1 unspecified atom stereocenters. The summed E-state index contributed by atoms with van der Waals surface area (Å²) in [7, 11) is 2.95. The molecule has 0 spiro atoms. The number of rotatable bonds is 5. The molecule has 27 heavy (non-hydrogen) atoms. The molecule has 0 aliphatic carbocycles. The number of thioether (sulfide) groups is 1. The smallest absolute Gasteiger partial charge is 0.309 e. The number of aryl methyl sites for hydroxylation is 1. The first-order valence-electron chi connectivity index (χ1n) is 8.28. The third-order valence-corrected chi connectivity index (χ3v) is 5.63. The second kappa shape index (κ2) is 7.15. The summed E-state index contributed by atoms with van der Waals surface area (Å²) in [6.07, 6.45) is 0. The van der Waals surface area contributed by atoms with Gasteiger partial charge in [0.1, 0.15) is 11.6 Å². The van der Waals surface area contributed by atoms with Gasteiger partial charge in [-0.1, -0.05) is 23.9 Å². The zero-order chi connectivity index (χ0) is 19.9. The zero-order valence-electron chi connectivity index (χ0n) is 15.4. The normalized spacial score (nSPS) is 12.5. The first-order valence-corrected chi connectivity index (χ1v) is 9.16. The van der Waals surface area contributed by atoms with Gasteiger partial charge in [0.2, 0.25) is 0 Å². The van der Waals surface area contributed by atoms with Gasteiger partial charge in [0.15, 0.2) is 16.3 Å². The highest BCUT2D eigenvalue weighted by Crippen LogP contribution is 2.26. The van der Waals surface area contributed by atoms with Crippen molar-refractivity contribution in [2.75, 3.05) is 0 Å². The van der Waals surface area contributed by atoms with E-state index in [2.05, 4.69) is 4.98 Å². The average molecular weight is 390 g/mol. The van der Waals surface area contributed by atoms with Crippen molar-refractivity contribution in [3.05, 3.63) is 56.5 Å². The van der Waals surface area contributed by atoms with Crippen molar-refractivity contribution in [2.24, 2.45) is 14.1 Å². The molecule has 0 bridgehead atoms. The van der Waals surface area contributed by atoms with Gasteiger partial charge in [0, 0.05) is 14.1 Å². The summed E-state index contributed by atoms with van der Waals surface area (Å²) in [4.78, 5) is 41.1.